The van der Waals surface area contributed by atoms with E-state index in [9.17, 15) is 14.9 Å². The molecule has 1 heterocycles. The van der Waals surface area contributed by atoms with Gasteiger partial charge < -0.3 is 5.32 Å². The summed E-state index contributed by atoms with van der Waals surface area (Å²) in [7, 11) is 0. The topological polar surface area (TPSA) is 85.1 Å². The van der Waals surface area contributed by atoms with Gasteiger partial charge in [0.25, 0.3) is 5.69 Å². The van der Waals surface area contributed by atoms with E-state index in [1.165, 1.54) is 35.6 Å². The molecule has 0 saturated carbocycles. The van der Waals surface area contributed by atoms with E-state index in [2.05, 4.69) is 10.3 Å². The van der Waals surface area contributed by atoms with E-state index in [-0.39, 0.29) is 18.0 Å². The monoisotopic (exact) mass is 263 g/mol. The van der Waals surface area contributed by atoms with Gasteiger partial charge in [0.2, 0.25) is 5.91 Å². The number of non-ortho nitro benzene ring substituents is 1. The number of carbonyl (C=O) groups excluding carboxylic acids is 1. The van der Waals surface area contributed by atoms with Gasteiger partial charge in [-0.3, -0.25) is 14.9 Å². The van der Waals surface area contributed by atoms with Crippen molar-refractivity contribution in [2.24, 2.45) is 0 Å². The minimum atomic E-state index is -0.485. The number of benzene rings is 1. The number of amides is 1. The number of rotatable bonds is 4. The Hall–Kier alpha value is -2.28. The average Bonchev–Trinajstić information content (AvgIpc) is 2.82. The van der Waals surface area contributed by atoms with Gasteiger partial charge in [-0.05, 0) is 12.1 Å². The van der Waals surface area contributed by atoms with Gasteiger partial charge in [-0.15, -0.1) is 11.3 Å². The van der Waals surface area contributed by atoms with Crippen LogP contribution in [-0.2, 0) is 11.2 Å². The summed E-state index contributed by atoms with van der Waals surface area (Å²) in [5, 5.41) is 14.9. The fraction of sp³-hybridized carbons (Fsp3) is 0.0909. The minimum absolute atomic E-state index is 0.00694. The number of nitrogens with one attached hydrogen (secondary N) is 1. The van der Waals surface area contributed by atoms with Crippen molar-refractivity contribution in [2.45, 2.75) is 6.42 Å². The first-order valence-electron chi connectivity index (χ1n) is 5.06. The van der Waals surface area contributed by atoms with E-state index in [4.69, 9.17) is 0 Å². The molecule has 0 bridgehead atoms. The van der Waals surface area contributed by atoms with Gasteiger partial charge in [0, 0.05) is 23.2 Å². The number of thiazole rings is 1. The lowest BCUT2D eigenvalue weighted by Gasteiger charge is -2.03. The van der Waals surface area contributed by atoms with Crippen molar-refractivity contribution in [3.8, 4) is 0 Å². The quantitative estimate of drug-likeness (QED) is 0.677. The Labute approximate surface area is 106 Å². The molecule has 1 N–H and O–H groups in total. The Morgan fingerprint density at radius 3 is 2.67 bits per heavy atom. The molecule has 92 valence electrons. The van der Waals surface area contributed by atoms with Gasteiger partial charge in [-0.25, -0.2) is 4.98 Å². The van der Waals surface area contributed by atoms with E-state index in [1.54, 1.807) is 10.9 Å². The van der Waals surface area contributed by atoms with Crippen LogP contribution in [0.25, 0.3) is 0 Å². The molecule has 0 fully saturated rings. The molecule has 0 spiro atoms. The molecule has 2 aromatic rings. The maximum absolute atomic E-state index is 11.6. The number of hydrogen-bond donors (Lipinski definition) is 1. The molecule has 2 rings (SSSR count). The van der Waals surface area contributed by atoms with Gasteiger partial charge in [0.15, 0.2) is 0 Å². The van der Waals surface area contributed by atoms with Crippen LogP contribution in [0.4, 0.5) is 11.4 Å². The number of carbonyl (C=O) groups is 1. The van der Waals surface area contributed by atoms with E-state index < -0.39 is 4.92 Å². The highest BCUT2D eigenvalue weighted by molar-refractivity contribution is 7.07. The molecule has 6 nitrogen and oxygen atoms in total. The molecule has 0 radical (unpaired) electrons. The molecular weight excluding hydrogens is 254 g/mol. The summed E-state index contributed by atoms with van der Waals surface area (Å²) in [4.78, 5) is 25.6. The maximum Gasteiger partial charge on any atom is 0.269 e. The smallest absolute Gasteiger partial charge is 0.269 e. The SMILES string of the molecule is O=C(Cc1cscn1)Nc1ccc([N+](=O)[O-])cc1. The second kappa shape index (κ2) is 5.37. The molecule has 0 aliphatic heterocycles. The molecule has 1 amide bonds. The van der Waals surface area contributed by atoms with E-state index in [1.807, 2.05) is 0 Å². The second-order valence-electron chi connectivity index (χ2n) is 3.51. The van der Waals surface area contributed by atoms with Crippen molar-refractivity contribution in [1.82, 2.24) is 4.98 Å². The Bertz CT molecular complexity index is 551. The molecular formula is C11H9N3O3S. The van der Waals surface area contributed by atoms with Crippen molar-refractivity contribution in [3.63, 3.8) is 0 Å². The maximum atomic E-state index is 11.6. The van der Waals surface area contributed by atoms with Crippen LogP contribution in [0, 0.1) is 10.1 Å². The largest absolute Gasteiger partial charge is 0.326 e. The predicted molar refractivity (Wildman–Crippen MR) is 67.5 cm³/mol. The Morgan fingerprint density at radius 1 is 1.39 bits per heavy atom. The number of nitrogens with zero attached hydrogens (tertiary/aromatic N) is 2. The minimum Gasteiger partial charge on any atom is -0.326 e. The molecule has 1 aromatic carbocycles. The number of anilines is 1. The Kier molecular flexibility index (Phi) is 3.63. The number of aromatic nitrogens is 1. The highest BCUT2D eigenvalue weighted by atomic mass is 32.1. The fourth-order valence-corrected chi connectivity index (χ4v) is 1.92. The highest BCUT2D eigenvalue weighted by Crippen LogP contribution is 2.15. The summed E-state index contributed by atoms with van der Waals surface area (Å²) >= 11 is 1.43. The standard InChI is InChI=1S/C11H9N3O3S/c15-11(5-9-6-18-7-12-9)13-8-1-3-10(4-2-8)14(16)17/h1-4,6-7H,5H2,(H,13,15). The molecule has 0 saturated heterocycles. The number of hydrogen-bond acceptors (Lipinski definition) is 5. The first-order valence-corrected chi connectivity index (χ1v) is 6.01. The van der Waals surface area contributed by atoms with Crippen LogP contribution >= 0.6 is 11.3 Å². The van der Waals surface area contributed by atoms with Crippen molar-refractivity contribution >= 4 is 28.6 Å². The van der Waals surface area contributed by atoms with Crippen molar-refractivity contribution in [1.29, 1.82) is 0 Å². The highest BCUT2D eigenvalue weighted by Gasteiger charge is 2.07. The van der Waals surface area contributed by atoms with Crippen LogP contribution in [0.2, 0.25) is 0 Å². The summed E-state index contributed by atoms with van der Waals surface area (Å²) in [6.45, 7) is 0. The summed E-state index contributed by atoms with van der Waals surface area (Å²) in [6, 6.07) is 5.69. The third kappa shape index (κ3) is 3.11. The van der Waals surface area contributed by atoms with E-state index in [0.29, 0.717) is 11.4 Å². The van der Waals surface area contributed by atoms with Crippen LogP contribution in [0.5, 0.6) is 0 Å². The molecule has 0 aliphatic carbocycles. The Morgan fingerprint density at radius 2 is 2.11 bits per heavy atom. The number of nitro benzene ring substituents is 1. The van der Waals surface area contributed by atoms with Crippen molar-refractivity contribution < 1.29 is 9.72 Å². The summed E-state index contributed by atoms with van der Waals surface area (Å²) in [6.07, 6.45) is 0.195. The normalized spacial score (nSPS) is 10.0. The summed E-state index contributed by atoms with van der Waals surface area (Å²) in [5.74, 6) is -0.199. The first kappa shape index (κ1) is 12.2. The third-order valence-corrected chi connectivity index (χ3v) is 2.82. The van der Waals surface area contributed by atoms with Gasteiger partial charge in [-0.2, -0.15) is 0 Å². The van der Waals surface area contributed by atoms with Crippen LogP contribution in [-0.4, -0.2) is 15.8 Å². The molecule has 0 aliphatic rings. The first-order chi connectivity index (χ1) is 8.65. The predicted octanol–water partition coefficient (Wildman–Crippen LogP) is 2.23. The zero-order valence-corrected chi connectivity index (χ0v) is 10.0. The van der Waals surface area contributed by atoms with Crippen LogP contribution in [0.1, 0.15) is 5.69 Å². The summed E-state index contributed by atoms with van der Waals surface area (Å²) in [5.41, 5.74) is 2.89. The zero-order chi connectivity index (χ0) is 13.0. The van der Waals surface area contributed by atoms with Crippen LogP contribution in [0.3, 0.4) is 0 Å². The lowest BCUT2D eigenvalue weighted by molar-refractivity contribution is -0.384. The lowest BCUT2D eigenvalue weighted by atomic mass is 10.2. The van der Waals surface area contributed by atoms with Crippen LogP contribution in [0.15, 0.2) is 35.2 Å². The molecule has 1 aromatic heterocycles. The second-order valence-corrected chi connectivity index (χ2v) is 4.23. The van der Waals surface area contributed by atoms with Gasteiger partial charge in [-0.1, -0.05) is 0 Å². The third-order valence-electron chi connectivity index (χ3n) is 2.19. The molecule has 18 heavy (non-hydrogen) atoms. The van der Waals surface area contributed by atoms with Gasteiger partial charge >= 0.3 is 0 Å². The Balaban J connectivity index is 1.97. The fourth-order valence-electron chi connectivity index (χ4n) is 1.36. The van der Waals surface area contributed by atoms with E-state index >= 15 is 0 Å². The zero-order valence-electron chi connectivity index (χ0n) is 9.20. The average molecular weight is 263 g/mol. The van der Waals surface area contributed by atoms with Crippen molar-refractivity contribution in [2.75, 3.05) is 5.32 Å². The summed E-state index contributed by atoms with van der Waals surface area (Å²) < 4.78 is 0. The number of nitro groups is 1. The van der Waals surface area contributed by atoms with Crippen LogP contribution < -0.4 is 5.32 Å². The molecule has 0 unspecified atom stereocenters. The van der Waals surface area contributed by atoms with Gasteiger partial charge in [0.1, 0.15) is 0 Å². The lowest BCUT2D eigenvalue weighted by Crippen LogP contribution is -2.14. The molecule has 7 heteroatoms. The van der Waals surface area contributed by atoms with Crippen molar-refractivity contribution in [3.05, 3.63) is 51.0 Å². The van der Waals surface area contributed by atoms with E-state index in [0.717, 1.165) is 0 Å². The van der Waals surface area contributed by atoms with Gasteiger partial charge in [0.05, 0.1) is 22.5 Å². The molecule has 0 atom stereocenters.